The zero-order valence-corrected chi connectivity index (χ0v) is 6.93. The maximum atomic E-state index is 11.0. The molecule has 0 atom stereocenters. The molecule has 0 radical (unpaired) electrons. The van der Waals surface area contributed by atoms with Gasteiger partial charge in [0.2, 0.25) is 0 Å². The fourth-order valence-electron chi connectivity index (χ4n) is 1.12. The number of hydrogen-bond acceptors (Lipinski definition) is 4. The Balaban J connectivity index is 2.54. The molecule has 0 fully saturated rings. The molecule has 0 unspecified atom stereocenters. The van der Waals surface area contributed by atoms with Gasteiger partial charge in [-0.15, -0.1) is 0 Å². The third-order valence-corrected chi connectivity index (χ3v) is 1.79. The number of benzene rings is 1. The molecular weight excluding hydrogens is 186 g/mol. The third-order valence-electron chi connectivity index (χ3n) is 1.79. The molecule has 2 aromatic rings. The van der Waals surface area contributed by atoms with E-state index < -0.39 is 11.8 Å². The summed E-state index contributed by atoms with van der Waals surface area (Å²) < 4.78 is 4.93. The first-order valence-electron chi connectivity index (χ1n) is 3.79. The molecule has 1 heterocycles. The molecule has 0 spiro atoms. The van der Waals surface area contributed by atoms with Gasteiger partial charge in [-0.05, 0) is 18.2 Å². The standard InChI is InChI=1S/C9H5NO4/c11-8(9(12)13)5-1-2-6-7(3-5)14-4-10-6/h1-4H,(H,12,13). The Bertz CT molecular complexity index is 514. The highest BCUT2D eigenvalue weighted by atomic mass is 16.4. The number of oxazole rings is 1. The maximum Gasteiger partial charge on any atom is 0.377 e. The lowest BCUT2D eigenvalue weighted by atomic mass is 10.1. The monoisotopic (exact) mass is 191 g/mol. The van der Waals surface area contributed by atoms with Crippen LogP contribution in [0.3, 0.4) is 0 Å². The van der Waals surface area contributed by atoms with E-state index in [0.29, 0.717) is 11.1 Å². The first-order valence-corrected chi connectivity index (χ1v) is 3.79. The molecule has 0 bridgehead atoms. The number of carbonyl (C=O) groups excluding carboxylic acids is 1. The van der Waals surface area contributed by atoms with Crippen molar-refractivity contribution in [3.8, 4) is 0 Å². The van der Waals surface area contributed by atoms with Crippen molar-refractivity contribution < 1.29 is 19.1 Å². The number of rotatable bonds is 2. The van der Waals surface area contributed by atoms with E-state index in [2.05, 4.69) is 4.98 Å². The van der Waals surface area contributed by atoms with E-state index in [4.69, 9.17) is 9.52 Å². The fourth-order valence-corrected chi connectivity index (χ4v) is 1.12. The lowest BCUT2D eigenvalue weighted by Crippen LogP contribution is -2.12. The van der Waals surface area contributed by atoms with Crippen molar-refractivity contribution in [2.45, 2.75) is 0 Å². The Labute approximate surface area is 78.0 Å². The third kappa shape index (κ3) is 1.24. The van der Waals surface area contributed by atoms with Crippen LogP contribution < -0.4 is 0 Å². The molecule has 2 rings (SSSR count). The van der Waals surface area contributed by atoms with Crippen molar-refractivity contribution >= 4 is 22.9 Å². The lowest BCUT2D eigenvalue weighted by Gasteiger charge is -1.93. The molecular formula is C9H5NO4. The summed E-state index contributed by atoms with van der Waals surface area (Å²) in [6.45, 7) is 0. The molecule has 70 valence electrons. The molecule has 1 aromatic heterocycles. The van der Waals surface area contributed by atoms with Crippen LogP contribution in [-0.4, -0.2) is 21.8 Å². The molecule has 0 aliphatic carbocycles. The second kappa shape index (κ2) is 2.95. The van der Waals surface area contributed by atoms with E-state index in [0.717, 1.165) is 0 Å². The van der Waals surface area contributed by atoms with Crippen LogP contribution in [0.1, 0.15) is 10.4 Å². The van der Waals surface area contributed by atoms with Crippen molar-refractivity contribution in [3.05, 3.63) is 30.2 Å². The molecule has 0 aliphatic rings. The number of ketones is 1. The highest BCUT2D eigenvalue weighted by Gasteiger charge is 2.15. The highest BCUT2D eigenvalue weighted by Crippen LogP contribution is 2.14. The number of hydrogen-bond donors (Lipinski definition) is 1. The van der Waals surface area contributed by atoms with Crippen LogP contribution in [0.5, 0.6) is 0 Å². The van der Waals surface area contributed by atoms with Crippen LogP contribution in [0.25, 0.3) is 11.1 Å². The summed E-state index contributed by atoms with van der Waals surface area (Å²) in [7, 11) is 0. The number of nitrogens with zero attached hydrogens (tertiary/aromatic N) is 1. The van der Waals surface area contributed by atoms with Gasteiger partial charge in [-0.25, -0.2) is 9.78 Å². The zero-order valence-electron chi connectivity index (χ0n) is 6.93. The van der Waals surface area contributed by atoms with Crippen LogP contribution in [0.15, 0.2) is 29.0 Å². The number of carbonyl (C=O) groups is 2. The molecule has 14 heavy (non-hydrogen) atoms. The Hall–Kier alpha value is -2.17. The summed E-state index contributed by atoms with van der Waals surface area (Å²) >= 11 is 0. The van der Waals surface area contributed by atoms with Crippen molar-refractivity contribution in [1.82, 2.24) is 4.98 Å². The summed E-state index contributed by atoms with van der Waals surface area (Å²) in [6.07, 6.45) is 1.24. The van der Waals surface area contributed by atoms with E-state index in [1.807, 2.05) is 0 Å². The van der Waals surface area contributed by atoms with Crippen molar-refractivity contribution in [2.24, 2.45) is 0 Å². The summed E-state index contributed by atoms with van der Waals surface area (Å²) in [5.41, 5.74) is 1.07. The van der Waals surface area contributed by atoms with Crippen molar-refractivity contribution in [2.75, 3.05) is 0 Å². The summed E-state index contributed by atoms with van der Waals surface area (Å²) in [5.74, 6) is -2.44. The average Bonchev–Trinajstić information content (AvgIpc) is 2.62. The van der Waals surface area contributed by atoms with Gasteiger partial charge in [0.1, 0.15) is 5.52 Å². The van der Waals surface area contributed by atoms with Gasteiger partial charge >= 0.3 is 5.97 Å². The average molecular weight is 191 g/mol. The highest BCUT2D eigenvalue weighted by molar-refractivity contribution is 6.40. The first-order chi connectivity index (χ1) is 6.68. The topological polar surface area (TPSA) is 80.4 Å². The van der Waals surface area contributed by atoms with E-state index in [-0.39, 0.29) is 5.56 Å². The number of aromatic nitrogens is 1. The fraction of sp³-hybridized carbons (Fsp3) is 0. The number of carboxylic acid groups (broad SMARTS) is 1. The Morgan fingerprint density at radius 1 is 1.36 bits per heavy atom. The molecule has 5 heteroatoms. The van der Waals surface area contributed by atoms with Crippen molar-refractivity contribution in [3.63, 3.8) is 0 Å². The predicted octanol–water partition coefficient (Wildman–Crippen LogP) is 1.10. The van der Waals surface area contributed by atoms with Gasteiger partial charge in [-0.3, -0.25) is 4.79 Å². The first kappa shape index (κ1) is 8.43. The number of aliphatic carboxylic acids is 1. The number of fused-ring (bicyclic) bond motifs is 1. The number of Topliss-reactive ketones (excluding diaryl/α,β-unsaturated/α-hetero) is 1. The molecule has 0 saturated heterocycles. The summed E-state index contributed by atoms with van der Waals surface area (Å²) in [4.78, 5) is 25.3. The van der Waals surface area contributed by atoms with Crippen LogP contribution in [0.2, 0.25) is 0 Å². The lowest BCUT2D eigenvalue weighted by molar-refractivity contribution is -0.131. The van der Waals surface area contributed by atoms with Gasteiger partial charge in [0, 0.05) is 5.56 Å². The van der Waals surface area contributed by atoms with Crippen molar-refractivity contribution in [1.29, 1.82) is 0 Å². The Kier molecular flexibility index (Phi) is 1.78. The SMILES string of the molecule is O=C(O)C(=O)c1ccc2ncoc2c1. The van der Waals surface area contributed by atoms with Gasteiger partial charge in [0.05, 0.1) is 0 Å². The minimum absolute atomic E-state index is 0.0850. The van der Waals surface area contributed by atoms with Crippen LogP contribution in [0.4, 0.5) is 0 Å². The number of carboxylic acids is 1. The second-order valence-electron chi connectivity index (χ2n) is 2.67. The quantitative estimate of drug-likeness (QED) is 0.567. The molecule has 0 saturated carbocycles. The van der Waals surface area contributed by atoms with E-state index in [1.165, 1.54) is 24.6 Å². The summed E-state index contributed by atoms with van der Waals surface area (Å²) in [6, 6.07) is 4.30. The van der Waals surface area contributed by atoms with Gasteiger partial charge in [-0.1, -0.05) is 0 Å². The largest absolute Gasteiger partial charge is 0.475 e. The minimum atomic E-state index is -1.48. The molecule has 5 nitrogen and oxygen atoms in total. The zero-order chi connectivity index (χ0) is 10.1. The Morgan fingerprint density at radius 2 is 2.14 bits per heavy atom. The smallest absolute Gasteiger partial charge is 0.377 e. The van der Waals surface area contributed by atoms with E-state index >= 15 is 0 Å². The maximum absolute atomic E-state index is 11.0. The van der Waals surface area contributed by atoms with Gasteiger partial charge in [0.15, 0.2) is 12.0 Å². The Morgan fingerprint density at radius 3 is 2.86 bits per heavy atom. The van der Waals surface area contributed by atoms with Gasteiger partial charge in [0.25, 0.3) is 5.78 Å². The molecule has 0 aliphatic heterocycles. The van der Waals surface area contributed by atoms with Crippen LogP contribution in [-0.2, 0) is 4.79 Å². The van der Waals surface area contributed by atoms with Gasteiger partial charge < -0.3 is 9.52 Å². The van der Waals surface area contributed by atoms with Crippen LogP contribution >= 0.6 is 0 Å². The van der Waals surface area contributed by atoms with Gasteiger partial charge in [-0.2, -0.15) is 0 Å². The summed E-state index contributed by atoms with van der Waals surface area (Å²) in [5, 5.41) is 8.46. The molecule has 1 aromatic carbocycles. The van der Waals surface area contributed by atoms with E-state index in [1.54, 1.807) is 0 Å². The van der Waals surface area contributed by atoms with E-state index in [9.17, 15) is 9.59 Å². The normalized spacial score (nSPS) is 10.3. The van der Waals surface area contributed by atoms with Crippen LogP contribution in [0, 0.1) is 0 Å². The molecule has 1 N–H and O–H groups in total. The predicted molar refractivity (Wildman–Crippen MR) is 46.0 cm³/mol. The molecule has 0 amide bonds. The minimum Gasteiger partial charge on any atom is -0.475 e. The second-order valence-corrected chi connectivity index (χ2v) is 2.67.